The Kier molecular flexibility index (Phi) is 3.94. The van der Waals surface area contributed by atoms with Crippen LogP contribution < -0.4 is 10.1 Å². The van der Waals surface area contributed by atoms with Gasteiger partial charge >= 0.3 is 0 Å². The minimum atomic E-state index is 0.446. The Morgan fingerprint density at radius 3 is 3.00 bits per heavy atom. The average molecular weight is 351 g/mol. The van der Waals surface area contributed by atoms with Crippen molar-refractivity contribution in [2.75, 3.05) is 26.2 Å². The van der Waals surface area contributed by atoms with E-state index in [0.29, 0.717) is 6.04 Å². The SMILES string of the molecule is Brc1ccc2c(c1)C(NCC1CCN(C3CC3)C1)CCO2. The van der Waals surface area contributed by atoms with Crippen molar-refractivity contribution in [3.8, 4) is 5.75 Å². The molecule has 2 unspecified atom stereocenters. The third kappa shape index (κ3) is 3.13. The Morgan fingerprint density at radius 1 is 1.24 bits per heavy atom. The second kappa shape index (κ2) is 5.90. The molecule has 2 atom stereocenters. The van der Waals surface area contributed by atoms with Crippen molar-refractivity contribution in [3.05, 3.63) is 28.2 Å². The molecule has 1 aliphatic carbocycles. The number of ether oxygens (including phenoxy) is 1. The zero-order valence-electron chi connectivity index (χ0n) is 12.4. The molecule has 4 heteroatoms. The summed E-state index contributed by atoms with van der Waals surface area (Å²) in [5, 5.41) is 3.80. The Hall–Kier alpha value is -0.580. The number of benzene rings is 1. The van der Waals surface area contributed by atoms with E-state index in [0.717, 1.165) is 41.8 Å². The second-order valence-corrected chi connectivity index (χ2v) is 7.58. The van der Waals surface area contributed by atoms with E-state index in [4.69, 9.17) is 4.74 Å². The number of nitrogens with zero attached hydrogens (tertiary/aromatic N) is 1. The number of likely N-dealkylation sites (tertiary alicyclic amines) is 1. The standard InChI is InChI=1S/C17H23BrN2O/c18-13-1-4-17-15(9-13)16(6-8-21-17)19-10-12-5-7-20(11-12)14-2-3-14/h1,4,9,12,14,16,19H,2-3,5-8,10-11H2. The average Bonchev–Trinajstić information content (AvgIpc) is 3.24. The van der Waals surface area contributed by atoms with E-state index < -0.39 is 0 Å². The molecular formula is C17H23BrN2O. The lowest BCUT2D eigenvalue weighted by Crippen LogP contribution is -2.32. The lowest BCUT2D eigenvalue weighted by atomic mass is 9.99. The third-order valence-electron chi connectivity index (χ3n) is 5.04. The van der Waals surface area contributed by atoms with Gasteiger partial charge < -0.3 is 15.0 Å². The molecule has 0 aromatic heterocycles. The van der Waals surface area contributed by atoms with Crippen LogP contribution in [0.3, 0.4) is 0 Å². The summed E-state index contributed by atoms with van der Waals surface area (Å²) in [5.74, 6) is 1.87. The van der Waals surface area contributed by atoms with Crippen LogP contribution in [0.5, 0.6) is 5.75 Å². The van der Waals surface area contributed by atoms with Gasteiger partial charge in [0.1, 0.15) is 5.75 Å². The van der Waals surface area contributed by atoms with E-state index in [1.54, 1.807) is 0 Å². The largest absolute Gasteiger partial charge is 0.493 e. The van der Waals surface area contributed by atoms with E-state index in [1.807, 2.05) is 0 Å². The molecule has 0 radical (unpaired) electrons. The topological polar surface area (TPSA) is 24.5 Å². The van der Waals surface area contributed by atoms with Crippen LogP contribution in [0, 0.1) is 5.92 Å². The molecule has 21 heavy (non-hydrogen) atoms. The van der Waals surface area contributed by atoms with Gasteiger partial charge in [-0.3, -0.25) is 0 Å². The predicted octanol–water partition coefficient (Wildman–Crippen LogP) is 3.35. The number of fused-ring (bicyclic) bond motifs is 1. The summed E-state index contributed by atoms with van der Waals surface area (Å²) in [4.78, 5) is 2.70. The molecule has 1 saturated heterocycles. The number of halogens is 1. The molecule has 1 N–H and O–H groups in total. The third-order valence-corrected chi connectivity index (χ3v) is 5.54. The first-order chi connectivity index (χ1) is 10.3. The van der Waals surface area contributed by atoms with Gasteiger partial charge in [0.15, 0.2) is 0 Å². The van der Waals surface area contributed by atoms with Crippen molar-refractivity contribution in [1.82, 2.24) is 10.2 Å². The van der Waals surface area contributed by atoms with Crippen LogP contribution in [0.2, 0.25) is 0 Å². The first-order valence-corrected chi connectivity index (χ1v) is 8.98. The highest BCUT2D eigenvalue weighted by Crippen LogP contribution is 2.35. The highest BCUT2D eigenvalue weighted by atomic mass is 79.9. The second-order valence-electron chi connectivity index (χ2n) is 6.66. The minimum Gasteiger partial charge on any atom is -0.493 e. The molecule has 3 nitrogen and oxygen atoms in total. The van der Waals surface area contributed by atoms with Gasteiger partial charge in [-0.2, -0.15) is 0 Å². The summed E-state index contributed by atoms with van der Waals surface area (Å²) in [7, 11) is 0. The van der Waals surface area contributed by atoms with Crippen molar-refractivity contribution in [3.63, 3.8) is 0 Å². The van der Waals surface area contributed by atoms with Crippen LogP contribution in [0.4, 0.5) is 0 Å². The minimum absolute atomic E-state index is 0.446. The monoisotopic (exact) mass is 350 g/mol. The quantitative estimate of drug-likeness (QED) is 0.901. The maximum Gasteiger partial charge on any atom is 0.124 e. The maximum atomic E-state index is 5.77. The summed E-state index contributed by atoms with van der Waals surface area (Å²) in [6.45, 7) is 4.57. The summed E-state index contributed by atoms with van der Waals surface area (Å²) in [6.07, 6.45) is 5.30. The highest BCUT2D eigenvalue weighted by molar-refractivity contribution is 9.10. The summed E-state index contributed by atoms with van der Waals surface area (Å²) < 4.78 is 6.91. The Balaban J connectivity index is 1.36. The summed E-state index contributed by atoms with van der Waals surface area (Å²) >= 11 is 3.58. The fourth-order valence-electron chi connectivity index (χ4n) is 3.69. The van der Waals surface area contributed by atoms with Crippen LogP contribution in [0.25, 0.3) is 0 Å². The van der Waals surface area contributed by atoms with Crippen LogP contribution in [-0.2, 0) is 0 Å². The van der Waals surface area contributed by atoms with E-state index >= 15 is 0 Å². The Morgan fingerprint density at radius 2 is 2.14 bits per heavy atom. The smallest absolute Gasteiger partial charge is 0.124 e. The molecular weight excluding hydrogens is 328 g/mol. The summed E-state index contributed by atoms with van der Waals surface area (Å²) in [5.41, 5.74) is 1.31. The molecule has 1 aromatic carbocycles. The zero-order chi connectivity index (χ0) is 14.2. The van der Waals surface area contributed by atoms with Gasteiger partial charge in [0.05, 0.1) is 6.61 Å². The van der Waals surface area contributed by atoms with E-state index in [-0.39, 0.29) is 0 Å². The fraction of sp³-hybridized carbons (Fsp3) is 0.647. The van der Waals surface area contributed by atoms with Crippen molar-refractivity contribution in [2.45, 2.75) is 37.8 Å². The van der Waals surface area contributed by atoms with E-state index in [9.17, 15) is 0 Å². The Labute approximate surface area is 135 Å². The maximum absolute atomic E-state index is 5.77. The van der Waals surface area contributed by atoms with Gasteiger partial charge in [0.25, 0.3) is 0 Å². The van der Waals surface area contributed by atoms with E-state index in [1.165, 1.54) is 37.9 Å². The van der Waals surface area contributed by atoms with E-state index in [2.05, 4.69) is 44.3 Å². The first kappa shape index (κ1) is 14.0. The molecule has 1 aromatic rings. The lowest BCUT2D eigenvalue weighted by molar-refractivity contribution is 0.246. The number of rotatable bonds is 4. The van der Waals surface area contributed by atoms with Gasteiger partial charge in [-0.05, 0) is 56.5 Å². The molecule has 3 aliphatic rings. The van der Waals surface area contributed by atoms with Crippen LogP contribution in [0.15, 0.2) is 22.7 Å². The van der Waals surface area contributed by atoms with Gasteiger partial charge in [-0.1, -0.05) is 15.9 Å². The van der Waals surface area contributed by atoms with Crippen molar-refractivity contribution >= 4 is 15.9 Å². The lowest BCUT2D eigenvalue weighted by Gasteiger charge is -2.28. The predicted molar refractivity (Wildman–Crippen MR) is 87.7 cm³/mol. The van der Waals surface area contributed by atoms with Gasteiger partial charge in [0, 0.05) is 35.1 Å². The summed E-state index contributed by atoms with van der Waals surface area (Å²) in [6, 6.07) is 7.72. The number of hydrogen-bond donors (Lipinski definition) is 1. The molecule has 2 fully saturated rings. The van der Waals surface area contributed by atoms with Crippen LogP contribution in [-0.4, -0.2) is 37.2 Å². The molecule has 4 rings (SSSR count). The first-order valence-electron chi connectivity index (χ1n) is 8.19. The molecule has 114 valence electrons. The van der Waals surface area contributed by atoms with Crippen molar-refractivity contribution in [1.29, 1.82) is 0 Å². The van der Waals surface area contributed by atoms with Crippen molar-refractivity contribution < 1.29 is 4.74 Å². The molecule has 2 aliphatic heterocycles. The normalized spacial score (nSPS) is 29.2. The molecule has 0 amide bonds. The number of nitrogens with one attached hydrogen (secondary N) is 1. The van der Waals surface area contributed by atoms with Gasteiger partial charge in [-0.25, -0.2) is 0 Å². The Bertz CT molecular complexity index is 518. The fourth-order valence-corrected chi connectivity index (χ4v) is 4.07. The van der Waals surface area contributed by atoms with Gasteiger partial charge in [-0.15, -0.1) is 0 Å². The van der Waals surface area contributed by atoms with Crippen LogP contribution in [0.1, 0.15) is 37.3 Å². The van der Waals surface area contributed by atoms with Crippen LogP contribution >= 0.6 is 15.9 Å². The number of hydrogen-bond acceptors (Lipinski definition) is 3. The molecule has 1 saturated carbocycles. The highest BCUT2D eigenvalue weighted by Gasteiger charge is 2.34. The molecule has 0 bridgehead atoms. The van der Waals surface area contributed by atoms with Crippen molar-refractivity contribution in [2.24, 2.45) is 5.92 Å². The van der Waals surface area contributed by atoms with Gasteiger partial charge in [0.2, 0.25) is 0 Å². The molecule has 2 heterocycles. The zero-order valence-corrected chi connectivity index (χ0v) is 13.9. The molecule has 0 spiro atoms.